The third kappa shape index (κ3) is 1.29. The first-order valence-electron chi connectivity index (χ1n) is 4.19. The van der Waals surface area contributed by atoms with Crippen LogP contribution in [0.2, 0.25) is 5.02 Å². The topological polar surface area (TPSA) is 30.7 Å². The quantitative estimate of drug-likeness (QED) is 0.701. The molecule has 0 saturated heterocycles. The first-order chi connectivity index (χ1) is 6.20. The predicted octanol–water partition coefficient (Wildman–Crippen LogP) is 2.67. The molecule has 0 fully saturated rings. The van der Waals surface area contributed by atoms with E-state index >= 15 is 0 Å². The summed E-state index contributed by atoms with van der Waals surface area (Å²) in [6.07, 6.45) is 0. The van der Waals surface area contributed by atoms with Gasteiger partial charge in [0.1, 0.15) is 11.0 Å². The van der Waals surface area contributed by atoms with Gasteiger partial charge in [-0.1, -0.05) is 22.9 Å². The van der Waals surface area contributed by atoms with E-state index in [9.17, 15) is 0 Å². The lowest BCUT2D eigenvalue weighted by Crippen LogP contribution is -2.02. The molecule has 0 N–H and O–H groups in total. The van der Waals surface area contributed by atoms with Crippen molar-refractivity contribution in [2.45, 2.75) is 19.9 Å². The molecule has 13 heavy (non-hydrogen) atoms. The predicted molar refractivity (Wildman–Crippen MR) is 52.9 cm³/mol. The zero-order chi connectivity index (χ0) is 9.42. The van der Waals surface area contributed by atoms with Crippen molar-refractivity contribution in [1.82, 2.24) is 15.0 Å². The first-order valence-corrected chi connectivity index (χ1v) is 4.57. The van der Waals surface area contributed by atoms with Crippen molar-refractivity contribution in [2.24, 2.45) is 0 Å². The minimum atomic E-state index is 0.282. The highest BCUT2D eigenvalue weighted by atomic mass is 35.5. The van der Waals surface area contributed by atoms with Gasteiger partial charge in [-0.15, -0.1) is 5.10 Å². The Morgan fingerprint density at radius 1 is 1.38 bits per heavy atom. The molecule has 0 saturated carbocycles. The number of aromatic nitrogens is 3. The van der Waals surface area contributed by atoms with Gasteiger partial charge < -0.3 is 0 Å². The molecule has 0 aliphatic carbocycles. The van der Waals surface area contributed by atoms with Crippen LogP contribution in [0.3, 0.4) is 0 Å². The maximum absolute atomic E-state index is 6.05. The average molecular weight is 196 g/mol. The van der Waals surface area contributed by atoms with Crippen LogP contribution in [0.25, 0.3) is 11.0 Å². The summed E-state index contributed by atoms with van der Waals surface area (Å²) in [5, 5.41) is 8.77. The zero-order valence-electron chi connectivity index (χ0n) is 7.53. The standard InChI is InChI=1S/C9H10ClN3/c1-6(2)13-9-7(10)4-3-5-8(9)11-12-13/h3-6H,1-2H3. The number of hydrogen-bond donors (Lipinski definition) is 0. The van der Waals surface area contributed by atoms with Gasteiger partial charge in [-0.3, -0.25) is 0 Å². The lowest BCUT2D eigenvalue weighted by atomic mass is 10.3. The Bertz CT molecular complexity index is 433. The van der Waals surface area contributed by atoms with Crippen LogP contribution in [0.15, 0.2) is 18.2 Å². The second-order valence-corrected chi connectivity index (χ2v) is 3.64. The maximum atomic E-state index is 6.05. The van der Waals surface area contributed by atoms with Crippen molar-refractivity contribution in [2.75, 3.05) is 0 Å². The van der Waals surface area contributed by atoms with Crippen LogP contribution >= 0.6 is 11.6 Å². The van der Waals surface area contributed by atoms with Gasteiger partial charge in [-0.05, 0) is 26.0 Å². The molecule has 2 rings (SSSR count). The van der Waals surface area contributed by atoms with E-state index in [-0.39, 0.29) is 6.04 Å². The fourth-order valence-electron chi connectivity index (χ4n) is 1.31. The van der Waals surface area contributed by atoms with Gasteiger partial charge in [0.2, 0.25) is 0 Å². The lowest BCUT2D eigenvalue weighted by Gasteiger charge is -2.05. The average Bonchev–Trinajstić information content (AvgIpc) is 2.49. The largest absolute Gasteiger partial charge is 0.241 e. The van der Waals surface area contributed by atoms with Crippen LogP contribution in [-0.4, -0.2) is 15.0 Å². The van der Waals surface area contributed by atoms with Crippen molar-refractivity contribution in [1.29, 1.82) is 0 Å². The minimum Gasteiger partial charge on any atom is -0.241 e. The highest BCUT2D eigenvalue weighted by Gasteiger charge is 2.09. The number of para-hydroxylation sites is 1. The van der Waals surface area contributed by atoms with Crippen molar-refractivity contribution in [3.63, 3.8) is 0 Å². The molecule has 4 heteroatoms. The van der Waals surface area contributed by atoms with Crippen LogP contribution in [0.5, 0.6) is 0 Å². The monoisotopic (exact) mass is 195 g/mol. The molecule has 3 nitrogen and oxygen atoms in total. The fraction of sp³-hybridized carbons (Fsp3) is 0.333. The van der Waals surface area contributed by atoms with Crippen molar-refractivity contribution in [3.8, 4) is 0 Å². The van der Waals surface area contributed by atoms with Gasteiger partial charge in [0.25, 0.3) is 0 Å². The molecule has 1 aromatic carbocycles. The summed E-state index contributed by atoms with van der Waals surface area (Å²) in [7, 11) is 0. The Labute approximate surface area is 81.3 Å². The van der Waals surface area contributed by atoms with E-state index in [1.54, 1.807) is 0 Å². The Morgan fingerprint density at radius 2 is 2.15 bits per heavy atom. The Kier molecular flexibility index (Phi) is 1.96. The molecule has 0 amide bonds. The number of rotatable bonds is 1. The van der Waals surface area contributed by atoms with E-state index in [0.717, 1.165) is 11.0 Å². The van der Waals surface area contributed by atoms with Crippen LogP contribution < -0.4 is 0 Å². The summed E-state index contributed by atoms with van der Waals surface area (Å²) < 4.78 is 1.83. The summed E-state index contributed by atoms with van der Waals surface area (Å²) in [5.74, 6) is 0. The molecule has 0 unspecified atom stereocenters. The molecule has 2 aromatic rings. The molecule has 0 radical (unpaired) electrons. The molecular formula is C9H10ClN3. The second kappa shape index (κ2) is 3.00. The van der Waals surface area contributed by atoms with E-state index in [4.69, 9.17) is 11.6 Å². The molecule has 1 heterocycles. The van der Waals surface area contributed by atoms with Crippen molar-refractivity contribution >= 4 is 22.6 Å². The number of benzene rings is 1. The van der Waals surface area contributed by atoms with Gasteiger partial charge in [0.15, 0.2) is 0 Å². The molecule has 0 aliphatic rings. The highest BCUT2D eigenvalue weighted by molar-refractivity contribution is 6.34. The number of fused-ring (bicyclic) bond motifs is 1. The van der Waals surface area contributed by atoms with Gasteiger partial charge in [-0.2, -0.15) is 0 Å². The molecule has 68 valence electrons. The summed E-state index contributed by atoms with van der Waals surface area (Å²) >= 11 is 6.05. The van der Waals surface area contributed by atoms with Crippen LogP contribution in [0, 0.1) is 0 Å². The maximum Gasteiger partial charge on any atom is 0.114 e. The summed E-state index contributed by atoms with van der Waals surface area (Å²) in [4.78, 5) is 0. The van der Waals surface area contributed by atoms with Gasteiger partial charge in [0, 0.05) is 6.04 Å². The lowest BCUT2D eigenvalue weighted by molar-refractivity contribution is 0.530. The third-order valence-corrected chi connectivity index (χ3v) is 2.24. The molecular weight excluding hydrogens is 186 g/mol. The third-order valence-electron chi connectivity index (χ3n) is 1.93. The van der Waals surface area contributed by atoms with Crippen LogP contribution in [0.4, 0.5) is 0 Å². The molecule has 1 aromatic heterocycles. The van der Waals surface area contributed by atoms with Gasteiger partial charge >= 0.3 is 0 Å². The van der Waals surface area contributed by atoms with E-state index in [0.29, 0.717) is 5.02 Å². The smallest absolute Gasteiger partial charge is 0.114 e. The normalized spacial score (nSPS) is 11.4. The van der Waals surface area contributed by atoms with E-state index in [1.807, 2.05) is 22.9 Å². The van der Waals surface area contributed by atoms with E-state index < -0.39 is 0 Å². The van der Waals surface area contributed by atoms with Gasteiger partial charge in [0.05, 0.1) is 5.02 Å². The SMILES string of the molecule is CC(C)n1nnc2cccc(Cl)c21. The molecule has 0 aliphatic heterocycles. The van der Waals surface area contributed by atoms with Gasteiger partial charge in [-0.25, -0.2) is 4.68 Å². The fourth-order valence-corrected chi connectivity index (χ4v) is 1.57. The minimum absolute atomic E-state index is 0.282. The molecule has 0 spiro atoms. The molecule has 0 atom stereocenters. The zero-order valence-corrected chi connectivity index (χ0v) is 8.28. The number of hydrogen-bond acceptors (Lipinski definition) is 2. The van der Waals surface area contributed by atoms with Crippen molar-refractivity contribution < 1.29 is 0 Å². The summed E-state index contributed by atoms with van der Waals surface area (Å²) in [6.45, 7) is 4.11. The number of nitrogens with zero attached hydrogens (tertiary/aromatic N) is 3. The van der Waals surface area contributed by atoms with Crippen molar-refractivity contribution in [3.05, 3.63) is 23.2 Å². The van der Waals surface area contributed by atoms with Crippen LogP contribution in [0.1, 0.15) is 19.9 Å². The highest BCUT2D eigenvalue weighted by Crippen LogP contribution is 2.23. The number of halogens is 1. The summed E-state index contributed by atoms with van der Waals surface area (Å²) in [5.41, 5.74) is 1.76. The summed E-state index contributed by atoms with van der Waals surface area (Å²) in [6, 6.07) is 5.92. The first kappa shape index (κ1) is 8.51. The second-order valence-electron chi connectivity index (χ2n) is 3.24. The Balaban J connectivity index is 2.79. The van der Waals surface area contributed by atoms with E-state index in [1.165, 1.54) is 0 Å². The van der Waals surface area contributed by atoms with E-state index in [2.05, 4.69) is 24.2 Å². The Morgan fingerprint density at radius 3 is 2.85 bits per heavy atom. The molecule has 0 bridgehead atoms. The van der Waals surface area contributed by atoms with Crippen LogP contribution in [-0.2, 0) is 0 Å². The Hall–Kier alpha value is -1.09.